The van der Waals surface area contributed by atoms with Crippen molar-refractivity contribution >= 4 is 29.1 Å². The summed E-state index contributed by atoms with van der Waals surface area (Å²) in [5, 5.41) is 3.23. The van der Waals surface area contributed by atoms with Crippen molar-refractivity contribution < 1.29 is 14.3 Å². The van der Waals surface area contributed by atoms with Gasteiger partial charge in [0.05, 0.1) is 10.7 Å². The van der Waals surface area contributed by atoms with E-state index in [0.717, 1.165) is 12.1 Å². The summed E-state index contributed by atoms with van der Waals surface area (Å²) in [4.78, 5) is 30.7. The molecule has 0 bridgehead atoms. The predicted octanol–water partition coefficient (Wildman–Crippen LogP) is 3.82. The van der Waals surface area contributed by atoms with Crippen LogP contribution in [0.5, 0.6) is 5.75 Å². The summed E-state index contributed by atoms with van der Waals surface area (Å²) in [6.45, 7) is 6.11. The van der Waals surface area contributed by atoms with Crippen molar-refractivity contribution in [3.05, 3.63) is 66.0 Å². The molecule has 146 valence electrons. The summed E-state index contributed by atoms with van der Waals surface area (Å²) in [6, 6.07) is 10.6. The van der Waals surface area contributed by atoms with Crippen LogP contribution < -0.4 is 10.1 Å². The fraction of sp³-hybridized carbons (Fsp3) is 0.286. The molecular weight excluding hydrogens is 378 g/mol. The van der Waals surface area contributed by atoms with Crippen molar-refractivity contribution in [2.75, 3.05) is 11.9 Å². The minimum Gasteiger partial charge on any atom is -0.486 e. The van der Waals surface area contributed by atoms with Crippen molar-refractivity contribution in [2.45, 2.75) is 31.9 Å². The third-order valence-electron chi connectivity index (χ3n) is 4.86. The van der Waals surface area contributed by atoms with Crippen molar-refractivity contribution in [3.63, 3.8) is 0 Å². The quantitative estimate of drug-likeness (QED) is 0.749. The fourth-order valence-electron chi connectivity index (χ4n) is 3.26. The maximum absolute atomic E-state index is 12.9. The van der Waals surface area contributed by atoms with E-state index in [1.165, 1.54) is 6.08 Å². The number of anilines is 1. The van der Waals surface area contributed by atoms with Gasteiger partial charge in [0.2, 0.25) is 11.8 Å². The number of nitrogens with zero attached hydrogens (tertiary/aromatic N) is 2. The minimum atomic E-state index is -0.911. The highest BCUT2D eigenvalue weighted by molar-refractivity contribution is 6.32. The Morgan fingerprint density at radius 1 is 1.39 bits per heavy atom. The minimum absolute atomic E-state index is 0.244. The number of ether oxygens (including phenoxy) is 1. The van der Waals surface area contributed by atoms with Crippen molar-refractivity contribution in [2.24, 2.45) is 0 Å². The van der Waals surface area contributed by atoms with Gasteiger partial charge < -0.3 is 15.0 Å². The van der Waals surface area contributed by atoms with Gasteiger partial charge in [-0.15, -0.1) is 0 Å². The van der Waals surface area contributed by atoms with E-state index in [4.69, 9.17) is 16.3 Å². The average Bonchev–Trinajstić information content (AvgIpc) is 3.10. The molecule has 1 saturated heterocycles. The Balaban J connectivity index is 1.67. The molecule has 7 heteroatoms. The standard InChI is InChI=1S/C21H22ClN3O3/c1-3-19(26)25-12-6-10-21(25,2)20(27)24-15-8-9-18(17(22)13-15)28-14-16-7-4-5-11-23-16/h3-5,7-9,11,13H,1,6,10,12,14H2,2H3,(H,24,27). The van der Waals surface area contributed by atoms with Gasteiger partial charge in [-0.2, -0.15) is 0 Å². The molecule has 1 N–H and O–H groups in total. The van der Waals surface area contributed by atoms with E-state index >= 15 is 0 Å². The van der Waals surface area contributed by atoms with Crippen LogP contribution in [0.2, 0.25) is 5.02 Å². The molecule has 28 heavy (non-hydrogen) atoms. The van der Waals surface area contributed by atoms with Crippen LogP contribution in [0.15, 0.2) is 55.3 Å². The van der Waals surface area contributed by atoms with Crippen LogP contribution in [0.4, 0.5) is 5.69 Å². The summed E-state index contributed by atoms with van der Waals surface area (Å²) < 4.78 is 5.69. The summed E-state index contributed by atoms with van der Waals surface area (Å²) in [5.41, 5.74) is 0.419. The van der Waals surface area contributed by atoms with Crippen LogP contribution in [0.25, 0.3) is 0 Å². The Labute approximate surface area is 169 Å². The zero-order chi connectivity index (χ0) is 20.1. The van der Waals surface area contributed by atoms with E-state index in [-0.39, 0.29) is 11.8 Å². The average molecular weight is 400 g/mol. The van der Waals surface area contributed by atoms with E-state index < -0.39 is 5.54 Å². The SMILES string of the molecule is C=CC(=O)N1CCCC1(C)C(=O)Nc1ccc(OCc2ccccn2)c(Cl)c1. The predicted molar refractivity (Wildman–Crippen MR) is 108 cm³/mol. The van der Waals surface area contributed by atoms with E-state index in [1.54, 1.807) is 36.2 Å². The highest BCUT2D eigenvalue weighted by atomic mass is 35.5. The van der Waals surface area contributed by atoms with Crippen LogP contribution in [0.3, 0.4) is 0 Å². The molecule has 1 unspecified atom stereocenters. The molecule has 1 aliphatic heterocycles. The third kappa shape index (κ3) is 4.17. The lowest BCUT2D eigenvalue weighted by molar-refractivity contribution is -0.138. The first-order chi connectivity index (χ1) is 13.4. The first-order valence-corrected chi connectivity index (χ1v) is 9.39. The zero-order valence-corrected chi connectivity index (χ0v) is 16.4. The van der Waals surface area contributed by atoms with Crippen molar-refractivity contribution in [1.29, 1.82) is 0 Å². The number of aromatic nitrogens is 1. The number of amides is 2. The molecule has 2 amide bonds. The van der Waals surface area contributed by atoms with Gasteiger partial charge in [0.25, 0.3) is 0 Å². The lowest BCUT2D eigenvalue weighted by Gasteiger charge is -2.33. The molecule has 1 aliphatic rings. The van der Waals surface area contributed by atoms with Crippen LogP contribution >= 0.6 is 11.6 Å². The summed E-state index contributed by atoms with van der Waals surface area (Å²) in [6.07, 6.45) is 4.30. The van der Waals surface area contributed by atoms with Gasteiger partial charge in [0, 0.05) is 18.4 Å². The van der Waals surface area contributed by atoms with Gasteiger partial charge in [-0.3, -0.25) is 14.6 Å². The monoisotopic (exact) mass is 399 g/mol. The largest absolute Gasteiger partial charge is 0.486 e. The van der Waals surface area contributed by atoms with Crippen LogP contribution in [-0.2, 0) is 16.2 Å². The molecule has 1 fully saturated rings. The van der Waals surface area contributed by atoms with Gasteiger partial charge in [0.1, 0.15) is 17.9 Å². The zero-order valence-electron chi connectivity index (χ0n) is 15.7. The van der Waals surface area contributed by atoms with Crippen molar-refractivity contribution in [3.8, 4) is 5.75 Å². The first-order valence-electron chi connectivity index (χ1n) is 9.02. The fourth-order valence-corrected chi connectivity index (χ4v) is 3.49. The topological polar surface area (TPSA) is 71.5 Å². The Morgan fingerprint density at radius 3 is 2.89 bits per heavy atom. The second-order valence-electron chi connectivity index (χ2n) is 6.78. The molecule has 1 atom stereocenters. The van der Waals surface area contributed by atoms with Gasteiger partial charge in [-0.25, -0.2) is 0 Å². The lowest BCUT2D eigenvalue weighted by atomic mass is 9.97. The van der Waals surface area contributed by atoms with E-state index in [2.05, 4.69) is 16.9 Å². The van der Waals surface area contributed by atoms with Crippen LogP contribution in [-0.4, -0.2) is 33.8 Å². The highest BCUT2D eigenvalue weighted by Crippen LogP contribution is 2.32. The Hall–Kier alpha value is -2.86. The molecule has 6 nitrogen and oxygen atoms in total. The smallest absolute Gasteiger partial charge is 0.250 e. The molecule has 2 heterocycles. The van der Waals surface area contributed by atoms with E-state index in [9.17, 15) is 9.59 Å². The maximum Gasteiger partial charge on any atom is 0.250 e. The second-order valence-corrected chi connectivity index (χ2v) is 7.19. The molecule has 0 radical (unpaired) electrons. The number of rotatable bonds is 6. The summed E-state index contributed by atoms with van der Waals surface area (Å²) in [7, 11) is 0. The molecule has 0 saturated carbocycles. The van der Waals surface area contributed by atoms with Gasteiger partial charge in [-0.1, -0.05) is 24.2 Å². The lowest BCUT2D eigenvalue weighted by Crippen LogP contribution is -2.52. The Kier molecular flexibility index (Phi) is 5.99. The third-order valence-corrected chi connectivity index (χ3v) is 5.16. The number of carbonyl (C=O) groups is 2. The molecule has 3 rings (SSSR count). The van der Waals surface area contributed by atoms with Gasteiger partial charge in [0.15, 0.2) is 0 Å². The van der Waals surface area contributed by atoms with E-state index in [1.807, 2.05) is 18.2 Å². The molecule has 1 aromatic carbocycles. The number of hydrogen-bond donors (Lipinski definition) is 1. The van der Waals surface area contributed by atoms with E-state index in [0.29, 0.717) is 36.0 Å². The highest BCUT2D eigenvalue weighted by Gasteiger charge is 2.45. The number of benzene rings is 1. The summed E-state index contributed by atoms with van der Waals surface area (Å²) >= 11 is 6.30. The first kappa shape index (κ1) is 19.9. The maximum atomic E-state index is 12.9. The Morgan fingerprint density at radius 2 is 2.21 bits per heavy atom. The normalized spacial score (nSPS) is 18.6. The second kappa shape index (κ2) is 8.44. The number of carbonyl (C=O) groups excluding carboxylic acids is 2. The van der Waals surface area contributed by atoms with Crippen molar-refractivity contribution in [1.82, 2.24) is 9.88 Å². The molecule has 2 aromatic rings. The van der Waals surface area contributed by atoms with Gasteiger partial charge in [-0.05, 0) is 56.2 Å². The molecule has 0 aliphatic carbocycles. The van der Waals surface area contributed by atoms with Crippen LogP contribution in [0.1, 0.15) is 25.5 Å². The molecular formula is C21H22ClN3O3. The number of pyridine rings is 1. The Bertz CT molecular complexity index is 888. The number of nitrogens with one attached hydrogen (secondary N) is 1. The summed E-state index contributed by atoms with van der Waals surface area (Å²) in [5.74, 6) is 0.00531. The number of hydrogen-bond acceptors (Lipinski definition) is 4. The molecule has 1 aromatic heterocycles. The number of likely N-dealkylation sites (tertiary alicyclic amines) is 1. The van der Waals surface area contributed by atoms with Crippen LogP contribution in [0, 0.1) is 0 Å². The molecule has 0 spiro atoms. The number of halogens is 1. The van der Waals surface area contributed by atoms with Gasteiger partial charge >= 0.3 is 0 Å².